The first-order chi connectivity index (χ1) is 9.86. The molecule has 0 amide bonds. The van der Waals surface area contributed by atoms with Gasteiger partial charge >= 0.3 is 6.18 Å². The molecule has 2 rings (SSSR count). The van der Waals surface area contributed by atoms with E-state index in [0.29, 0.717) is 5.56 Å². The van der Waals surface area contributed by atoms with Crippen molar-refractivity contribution >= 4 is 5.69 Å². The van der Waals surface area contributed by atoms with E-state index in [2.05, 4.69) is 0 Å². The van der Waals surface area contributed by atoms with Crippen molar-refractivity contribution in [1.82, 2.24) is 0 Å². The Morgan fingerprint density at radius 1 is 1.10 bits per heavy atom. The molecule has 0 unspecified atom stereocenters. The van der Waals surface area contributed by atoms with E-state index in [-0.39, 0.29) is 18.0 Å². The molecule has 0 saturated carbocycles. The lowest BCUT2D eigenvalue weighted by Gasteiger charge is -2.10. The molecule has 0 fully saturated rings. The van der Waals surface area contributed by atoms with Crippen LogP contribution in [0.1, 0.15) is 11.1 Å². The number of halogens is 3. The van der Waals surface area contributed by atoms with Crippen LogP contribution in [0.25, 0.3) is 0 Å². The maximum absolute atomic E-state index is 12.6. The third-order valence-corrected chi connectivity index (χ3v) is 2.69. The highest BCUT2D eigenvalue weighted by atomic mass is 19.4. The molecule has 21 heavy (non-hydrogen) atoms. The summed E-state index contributed by atoms with van der Waals surface area (Å²) in [6.45, 7) is -0.106. The van der Waals surface area contributed by atoms with Crippen LogP contribution in [-0.2, 0) is 12.8 Å². The fraction of sp³-hybridized carbons (Fsp3) is 0.143. The Hall–Kier alpha value is -2.57. The monoisotopic (exact) mass is 297 g/mol. The molecule has 0 aliphatic carbocycles. The summed E-state index contributed by atoms with van der Waals surface area (Å²) in [6, 6.07) is 10.2. The van der Waals surface area contributed by atoms with E-state index in [4.69, 9.17) is 4.74 Å². The number of benzene rings is 2. The molecule has 0 aliphatic rings. The Balaban J connectivity index is 2.10. The first kappa shape index (κ1) is 14.8. The third kappa shape index (κ3) is 3.95. The van der Waals surface area contributed by atoms with Gasteiger partial charge in [-0.25, -0.2) is 0 Å². The van der Waals surface area contributed by atoms with Gasteiger partial charge in [-0.3, -0.25) is 10.1 Å². The van der Waals surface area contributed by atoms with Crippen molar-refractivity contribution in [2.45, 2.75) is 12.8 Å². The molecule has 0 spiro atoms. The predicted octanol–water partition coefficient (Wildman–Crippen LogP) is 4.19. The summed E-state index contributed by atoms with van der Waals surface area (Å²) < 4.78 is 43.0. The van der Waals surface area contributed by atoms with Crippen LogP contribution < -0.4 is 4.74 Å². The number of ether oxygens (including phenoxy) is 1. The molecule has 7 heteroatoms. The van der Waals surface area contributed by atoms with Crippen LogP contribution in [0.4, 0.5) is 18.9 Å². The van der Waals surface area contributed by atoms with Gasteiger partial charge in [0, 0.05) is 6.07 Å². The van der Waals surface area contributed by atoms with E-state index in [1.165, 1.54) is 36.4 Å². The second-order valence-electron chi connectivity index (χ2n) is 4.24. The minimum atomic E-state index is -4.42. The van der Waals surface area contributed by atoms with Gasteiger partial charge in [0.15, 0.2) is 0 Å². The topological polar surface area (TPSA) is 52.4 Å². The average Bonchev–Trinajstić information content (AvgIpc) is 2.45. The molecular formula is C14H10F3NO3. The van der Waals surface area contributed by atoms with Crippen LogP contribution >= 0.6 is 0 Å². The lowest BCUT2D eigenvalue weighted by atomic mass is 10.1. The van der Waals surface area contributed by atoms with Gasteiger partial charge in [-0.15, -0.1) is 0 Å². The lowest BCUT2D eigenvalue weighted by molar-refractivity contribution is -0.384. The molecule has 0 radical (unpaired) electrons. The number of nitrogens with zero attached hydrogens (tertiary/aromatic N) is 1. The van der Waals surface area contributed by atoms with Gasteiger partial charge in [0.25, 0.3) is 5.69 Å². The molecule has 0 saturated heterocycles. The Morgan fingerprint density at radius 3 is 2.48 bits per heavy atom. The number of non-ortho nitro benzene ring substituents is 1. The highest BCUT2D eigenvalue weighted by molar-refractivity contribution is 5.38. The van der Waals surface area contributed by atoms with Gasteiger partial charge in [-0.2, -0.15) is 13.2 Å². The van der Waals surface area contributed by atoms with Crippen LogP contribution in [-0.4, -0.2) is 4.92 Å². The normalized spacial score (nSPS) is 11.2. The summed E-state index contributed by atoms with van der Waals surface area (Å²) in [6.07, 6.45) is -4.42. The third-order valence-electron chi connectivity index (χ3n) is 2.69. The molecule has 0 atom stereocenters. The SMILES string of the molecule is O=[N+]([O-])c1cccc(OCc2cccc(C(F)(F)F)c2)c1. The van der Waals surface area contributed by atoms with E-state index in [1.807, 2.05) is 0 Å². The average molecular weight is 297 g/mol. The van der Waals surface area contributed by atoms with Crippen molar-refractivity contribution in [1.29, 1.82) is 0 Å². The van der Waals surface area contributed by atoms with E-state index in [0.717, 1.165) is 12.1 Å². The van der Waals surface area contributed by atoms with Crippen LogP contribution in [0.15, 0.2) is 48.5 Å². The van der Waals surface area contributed by atoms with Gasteiger partial charge in [0.05, 0.1) is 16.6 Å². The maximum Gasteiger partial charge on any atom is 0.416 e. The maximum atomic E-state index is 12.6. The molecule has 0 aromatic heterocycles. The van der Waals surface area contributed by atoms with Crippen LogP contribution in [0.3, 0.4) is 0 Å². The number of hydrogen-bond acceptors (Lipinski definition) is 3. The van der Waals surface area contributed by atoms with Crippen LogP contribution in [0.2, 0.25) is 0 Å². The largest absolute Gasteiger partial charge is 0.489 e. The summed E-state index contributed by atoms with van der Waals surface area (Å²) in [4.78, 5) is 10.0. The number of nitro benzene ring substituents is 1. The fourth-order valence-corrected chi connectivity index (χ4v) is 1.69. The number of nitro groups is 1. The van der Waals surface area contributed by atoms with E-state index in [1.54, 1.807) is 0 Å². The standard InChI is InChI=1S/C14H10F3NO3/c15-14(16,17)11-4-1-3-10(7-11)9-21-13-6-2-5-12(8-13)18(19)20/h1-8H,9H2. The summed E-state index contributed by atoms with van der Waals surface area (Å²) in [5, 5.41) is 10.6. The van der Waals surface area contributed by atoms with Gasteiger partial charge in [0.2, 0.25) is 0 Å². The van der Waals surface area contributed by atoms with Crippen molar-refractivity contribution in [3.63, 3.8) is 0 Å². The minimum Gasteiger partial charge on any atom is -0.489 e. The van der Waals surface area contributed by atoms with Crippen molar-refractivity contribution < 1.29 is 22.8 Å². The van der Waals surface area contributed by atoms with E-state index < -0.39 is 16.7 Å². The van der Waals surface area contributed by atoms with Gasteiger partial charge < -0.3 is 4.74 Å². The zero-order valence-electron chi connectivity index (χ0n) is 10.6. The Morgan fingerprint density at radius 2 is 1.81 bits per heavy atom. The summed E-state index contributed by atoms with van der Waals surface area (Å²) in [7, 11) is 0. The summed E-state index contributed by atoms with van der Waals surface area (Å²) in [5.41, 5.74) is -0.574. The minimum absolute atomic E-state index is 0.106. The van der Waals surface area contributed by atoms with Crippen molar-refractivity contribution in [3.8, 4) is 5.75 Å². The van der Waals surface area contributed by atoms with E-state index in [9.17, 15) is 23.3 Å². The molecule has 0 heterocycles. The van der Waals surface area contributed by atoms with Gasteiger partial charge in [-0.05, 0) is 23.8 Å². The molecule has 0 aliphatic heterocycles. The zero-order chi connectivity index (χ0) is 15.5. The molecule has 0 bridgehead atoms. The summed E-state index contributed by atoms with van der Waals surface area (Å²) in [5.74, 6) is 0.224. The summed E-state index contributed by atoms with van der Waals surface area (Å²) >= 11 is 0. The number of hydrogen-bond donors (Lipinski definition) is 0. The molecule has 2 aromatic carbocycles. The quantitative estimate of drug-likeness (QED) is 0.628. The van der Waals surface area contributed by atoms with Crippen molar-refractivity contribution in [2.75, 3.05) is 0 Å². The van der Waals surface area contributed by atoms with Gasteiger partial charge in [-0.1, -0.05) is 18.2 Å². The fourth-order valence-electron chi connectivity index (χ4n) is 1.69. The Labute approximate surface area is 117 Å². The van der Waals surface area contributed by atoms with Crippen LogP contribution in [0.5, 0.6) is 5.75 Å². The molecule has 2 aromatic rings. The molecule has 4 nitrogen and oxygen atoms in total. The second-order valence-corrected chi connectivity index (χ2v) is 4.24. The lowest BCUT2D eigenvalue weighted by Crippen LogP contribution is -2.06. The van der Waals surface area contributed by atoms with Gasteiger partial charge in [0.1, 0.15) is 12.4 Å². The zero-order valence-corrected chi connectivity index (χ0v) is 10.6. The molecule has 110 valence electrons. The number of rotatable bonds is 4. The first-order valence-electron chi connectivity index (χ1n) is 5.89. The Bertz CT molecular complexity index is 656. The molecule has 0 N–H and O–H groups in total. The number of alkyl halides is 3. The highest BCUT2D eigenvalue weighted by Crippen LogP contribution is 2.29. The highest BCUT2D eigenvalue weighted by Gasteiger charge is 2.30. The Kier molecular flexibility index (Phi) is 4.11. The second kappa shape index (κ2) is 5.82. The predicted molar refractivity (Wildman–Crippen MR) is 68.9 cm³/mol. The van der Waals surface area contributed by atoms with Crippen LogP contribution in [0, 0.1) is 10.1 Å². The van der Waals surface area contributed by atoms with Crippen molar-refractivity contribution in [3.05, 3.63) is 69.8 Å². The first-order valence-corrected chi connectivity index (χ1v) is 5.89. The van der Waals surface area contributed by atoms with E-state index >= 15 is 0 Å². The smallest absolute Gasteiger partial charge is 0.416 e. The van der Waals surface area contributed by atoms with Crippen molar-refractivity contribution in [2.24, 2.45) is 0 Å². The molecular weight excluding hydrogens is 287 g/mol.